The van der Waals surface area contributed by atoms with Gasteiger partial charge in [-0.05, 0) is 18.2 Å². The number of anilines is 2. The van der Waals surface area contributed by atoms with Crippen LogP contribution in [0.3, 0.4) is 0 Å². The van der Waals surface area contributed by atoms with Crippen LogP contribution in [0.25, 0.3) is 0 Å². The lowest BCUT2D eigenvalue weighted by Gasteiger charge is -2.10. The molecule has 1 amide bonds. The molecule has 1 aromatic carbocycles. The second kappa shape index (κ2) is 6.01. The van der Waals surface area contributed by atoms with E-state index in [0.29, 0.717) is 16.9 Å². The molecule has 0 saturated heterocycles. The SMILES string of the molecule is CNc1ccncc1C(=O)Nc1ccc(OC)c(F)c1. The van der Waals surface area contributed by atoms with E-state index in [1.165, 1.54) is 25.4 Å². The molecule has 0 spiro atoms. The van der Waals surface area contributed by atoms with Crippen LogP contribution in [0.4, 0.5) is 15.8 Å². The number of halogens is 1. The number of carbonyl (C=O) groups is 1. The first kappa shape index (κ1) is 13.8. The van der Waals surface area contributed by atoms with Crippen LogP contribution < -0.4 is 15.4 Å². The Labute approximate surface area is 115 Å². The molecule has 1 aromatic heterocycles. The summed E-state index contributed by atoms with van der Waals surface area (Å²) in [5, 5.41) is 5.51. The van der Waals surface area contributed by atoms with Crippen molar-refractivity contribution in [1.82, 2.24) is 4.98 Å². The van der Waals surface area contributed by atoms with E-state index in [-0.39, 0.29) is 11.7 Å². The molecule has 104 valence electrons. The van der Waals surface area contributed by atoms with Crippen molar-refractivity contribution in [3.8, 4) is 5.75 Å². The summed E-state index contributed by atoms with van der Waals surface area (Å²) in [6.45, 7) is 0. The lowest BCUT2D eigenvalue weighted by molar-refractivity contribution is 0.102. The monoisotopic (exact) mass is 275 g/mol. The van der Waals surface area contributed by atoms with Crippen LogP contribution in [0.1, 0.15) is 10.4 Å². The lowest BCUT2D eigenvalue weighted by Crippen LogP contribution is -2.14. The summed E-state index contributed by atoms with van der Waals surface area (Å²) in [6, 6.07) is 5.90. The highest BCUT2D eigenvalue weighted by Gasteiger charge is 2.12. The zero-order valence-corrected chi connectivity index (χ0v) is 11.1. The number of pyridine rings is 1. The van der Waals surface area contributed by atoms with Crippen LogP contribution in [-0.2, 0) is 0 Å². The minimum Gasteiger partial charge on any atom is -0.494 e. The molecule has 0 bridgehead atoms. The molecule has 6 heteroatoms. The summed E-state index contributed by atoms with van der Waals surface area (Å²) in [4.78, 5) is 16.0. The van der Waals surface area contributed by atoms with Gasteiger partial charge in [0.2, 0.25) is 0 Å². The van der Waals surface area contributed by atoms with Crippen molar-refractivity contribution in [2.75, 3.05) is 24.8 Å². The molecular weight excluding hydrogens is 261 g/mol. The van der Waals surface area contributed by atoms with Crippen LogP contribution in [0.15, 0.2) is 36.7 Å². The van der Waals surface area contributed by atoms with Crippen LogP contribution in [0.5, 0.6) is 5.75 Å². The zero-order valence-electron chi connectivity index (χ0n) is 11.1. The van der Waals surface area contributed by atoms with Crippen molar-refractivity contribution in [1.29, 1.82) is 0 Å². The van der Waals surface area contributed by atoms with Gasteiger partial charge in [-0.2, -0.15) is 0 Å². The van der Waals surface area contributed by atoms with Crippen molar-refractivity contribution in [3.63, 3.8) is 0 Å². The summed E-state index contributed by atoms with van der Waals surface area (Å²) in [6.07, 6.45) is 3.02. The number of benzene rings is 1. The van der Waals surface area contributed by atoms with Gasteiger partial charge in [-0.25, -0.2) is 4.39 Å². The molecule has 0 atom stereocenters. The van der Waals surface area contributed by atoms with E-state index in [1.54, 1.807) is 25.4 Å². The third-order valence-electron chi connectivity index (χ3n) is 2.74. The molecule has 5 nitrogen and oxygen atoms in total. The third-order valence-corrected chi connectivity index (χ3v) is 2.74. The zero-order chi connectivity index (χ0) is 14.5. The van der Waals surface area contributed by atoms with Crippen molar-refractivity contribution >= 4 is 17.3 Å². The Bertz CT molecular complexity index is 632. The van der Waals surface area contributed by atoms with E-state index in [9.17, 15) is 9.18 Å². The molecule has 0 aliphatic carbocycles. The quantitative estimate of drug-likeness (QED) is 0.900. The average Bonchev–Trinajstić information content (AvgIpc) is 2.47. The average molecular weight is 275 g/mol. The van der Waals surface area contributed by atoms with E-state index in [0.717, 1.165) is 0 Å². The largest absolute Gasteiger partial charge is 0.494 e. The van der Waals surface area contributed by atoms with Crippen molar-refractivity contribution < 1.29 is 13.9 Å². The summed E-state index contributed by atoms with van der Waals surface area (Å²) in [7, 11) is 3.09. The van der Waals surface area contributed by atoms with Gasteiger partial charge in [-0.1, -0.05) is 0 Å². The van der Waals surface area contributed by atoms with Gasteiger partial charge in [0.05, 0.1) is 12.7 Å². The van der Waals surface area contributed by atoms with E-state index in [4.69, 9.17) is 4.74 Å². The normalized spacial score (nSPS) is 9.95. The molecule has 0 radical (unpaired) electrons. The first-order valence-corrected chi connectivity index (χ1v) is 5.92. The maximum atomic E-state index is 13.5. The highest BCUT2D eigenvalue weighted by molar-refractivity contribution is 6.07. The van der Waals surface area contributed by atoms with Gasteiger partial charge >= 0.3 is 0 Å². The molecular formula is C14H14FN3O2. The summed E-state index contributed by atoms with van der Waals surface area (Å²) >= 11 is 0. The first-order chi connectivity index (χ1) is 9.65. The second-order valence-corrected chi connectivity index (χ2v) is 3.97. The number of hydrogen-bond acceptors (Lipinski definition) is 4. The maximum absolute atomic E-state index is 13.5. The predicted molar refractivity (Wildman–Crippen MR) is 74.7 cm³/mol. The number of nitrogens with zero attached hydrogens (tertiary/aromatic N) is 1. The Morgan fingerprint density at radius 1 is 1.35 bits per heavy atom. The predicted octanol–water partition coefficient (Wildman–Crippen LogP) is 2.52. The second-order valence-electron chi connectivity index (χ2n) is 3.97. The van der Waals surface area contributed by atoms with Gasteiger partial charge in [-0.15, -0.1) is 0 Å². The summed E-state index contributed by atoms with van der Waals surface area (Å²) in [5.74, 6) is -0.780. The highest BCUT2D eigenvalue weighted by Crippen LogP contribution is 2.22. The molecule has 0 aliphatic heterocycles. The number of amides is 1. The number of nitrogens with one attached hydrogen (secondary N) is 2. The number of aromatic nitrogens is 1. The molecule has 2 aromatic rings. The minimum atomic E-state index is -0.537. The van der Waals surface area contributed by atoms with Gasteiger partial charge in [0.15, 0.2) is 11.6 Å². The minimum absolute atomic E-state index is 0.125. The van der Waals surface area contributed by atoms with Crippen LogP contribution >= 0.6 is 0 Å². The fourth-order valence-corrected chi connectivity index (χ4v) is 1.74. The molecule has 1 heterocycles. The van der Waals surface area contributed by atoms with Gasteiger partial charge in [-0.3, -0.25) is 9.78 Å². The van der Waals surface area contributed by atoms with Crippen molar-refractivity contribution in [2.45, 2.75) is 0 Å². The first-order valence-electron chi connectivity index (χ1n) is 5.92. The van der Waals surface area contributed by atoms with Gasteiger partial charge in [0, 0.05) is 36.9 Å². The lowest BCUT2D eigenvalue weighted by atomic mass is 10.2. The Morgan fingerprint density at radius 3 is 2.80 bits per heavy atom. The van der Waals surface area contributed by atoms with E-state index in [1.807, 2.05) is 0 Å². The number of methoxy groups -OCH3 is 1. The van der Waals surface area contributed by atoms with E-state index < -0.39 is 5.82 Å². The Balaban J connectivity index is 2.21. The molecule has 20 heavy (non-hydrogen) atoms. The number of carbonyl (C=O) groups excluding carboxylic acids is 1. The Hall–Kier alpha value is -2.63. The third kappa shape index (κ3) is 2.85. The van der Waals surface area contributed by atoms with E-state index >= 15 is 0 Å². The molecule has 0 unspecified atom stereocenters. The number of ether oxygens (including phenoxy) is 1. The maximum Gasteiger partial charge on any atom is 0.259 e. The Kier molecular flexibility index (Phi) is 4.14. The van der Waals surface area contributed by atoms with Gasteiger partial charge < -0.3 is 15.4 Å². The standard InChI is InChI=1S/C14H14FN3O2/c1-16-12-5-6-17-8-10(12)14(19)18-9-3-4-13(20-2)11(15)7-9/h3-8H,1-2H3,(H,16,17)(H,18,19). The topological polar surface area (TPSA) is 63.2 Å². The number of hydrogen-bond donors (Lipinski definition) is 2. The van der Waals surface area contributed by atoms with Gasteiger partial charge in [0.1, 0.15) is 0 Å². The fourth-order valence-electron chi connectivity index (χ4n) is 1.74. The van der Waals surface area contributed by atoms with Crippen LogP contribution in [-0.4, -0.2) is 25.0 Å². The van der Waals surface area contributed by atoms with Crippen molar-refractivity contribution in [3.05, 3.63) is 48.0 Å². The highest BCUT2D eigenvalue weighted by atomic mass is 19.1. The van der Waals surface area contributed by atoms with E-state index in [2.05, 4.69) is 15.6 Å². The molecule has 0 fully saturated rings. The molecule has 2 N–H and O–H groups in total. The smallest absolute Gasteiger partial charge is 0.259 e. The Morgan fingerprint density at radius 2 is 2.15 bits per heavy atom. The summed E-state index contributed by atoms with van der Waals surface area (Å²) < 4.78 is 18.4. The molecule has 2 rings (SSSR count). The summed E-state index contributed by atoms with van der Waals surface area (Å²) in [5.41, 5.74) is 1.37. The van der Waals surface area contributed by atoms with Gasteiger partial charge in [0.25, 0.3) is 5.91 Å². The molecule has 0 saturated carbocycles. The van der Waals surface area contributed by atoms with Crippen LogP contribution in [0.2, 0.25) is 0 Å². The fraction of sp³-hybridized carbons (Fsp3) is 0.143. The van der Waals surface area contributed by atoms with Crippen LogP contribution in [0, 0.1) is 5.82 Å². The number of rotatable bonds is 4. The van der Waals surface area contributed by atoms with Crippen molar-refractivity contribution in [2.24, 2.45) is 0 Å². The molecule has 0 aliphatic rings.